The molecule has 1 aromatic heterocycles. The summed E-state index contributed by atoms with van der Waals surface area (Å²) in [6, 6.07) is 14.5. The zero-order valence-corrected chi connectivity index (χ0v) is 16.8. The number of amides is 1. The van der Waals surface area contributed by atoms with Crippen molar-refractivity contribution in [3.63, 3.8) is 0 Å². The second kappa shape index (κ2) is 7.99. The van der Waals surface area contributed by atoms with Crippen LogP contribution in [0.1, 0.15) is 32.9 Å². The average molecular weight is 400 g/mol. The van der Waals surface area contributed by atoms with Crippen molar-refractivity contribution in [1.82, 2.24) is 9.99 Å². The summed E-state index contributed by atoms with van der Waals surface area (Å²) in [5.74, 6) is -0.289. The summed E-state index contributed by atoms with van der Waals surface area (Å²) in [6.07, 6.45) is 1.65. The fourth-order valence-electron chi connectivity index (χ4n) is 2.94. The van der Waals surface area contributed by atoms with E-state index in [0.29, 0.717) is 15.6 Å². The van der Waals surface area contributed by atoms with Gasteiger partial charge in [0.1, 0.15) is 0 Å². The molecule has 1 amide bonds. The summed E-state index contributed by atoms with van der Waals surface area (Å²) in [5.41, 5.74) is 8.19. The monoisotopic (exact) mass is 399 g/mol. The number of nitrogens with one attached hydrogen (secondary N) is 1. The van der Waals surface area contributed by atoms with Crippen molar-refractivity contribution >= 4 is 35.3 Å². The van der Waals surface area contributed by atoms with Gasteiger partial charge in [0.2, 0.25) is 0 Å². The lowest BCUT2D eigenvalue weighted by Gasteiger charge is -2.13. The standard InChI is InChI=1S/C21H19Cl2N3O/c1-13-4-7-19(23)11-20(13)26-14(2)10-17(15(26)3)12-24-25-21(27)16-5-8-18(22)9-6-16/h4-12H,1-3H3,(H,25,27)/b24-12-. The van der Waals surface area contributed by atoms with Crippen LogP contribution < -0.4 is 5.43 Å². The van der Waals surface area contributed by atoms with Crippen LogP contribution in [0.25, 0.3) is 5.69 Å². The molecule has 0 unspecified atom stereocenters. The van der Waals surface area contributed by atoms with Gasteiger partial charge in [-0.1, -0.05) is 29.3 Å². The highest BCUT2D eigenvalue weighted by atomic mass is 35.5. The van der Waals surface area contributed by atoms with Crippen molar-refractivity contribution in [3.8, 4) is 5.69 Å². The number of rotatable bonds is 4. The van der Waals surface area contributed by atoms with Crippen LogP contribution in [-0.4, -0.2) is 16.7 Å². The predicted octanol–water partition coefficient (Wildman–Crippen LogP) is 5.47. The zero-order chi connectivity index (χ0) is 19.6. The number of aryl methyl sites for hydroxylation is 2. The normalized spacial score (nSPS) is 11.1. The smallest absolute Gasteiger partial charge is 0.271 e. The lowest BCUT2D eigenvalue weighted by molar-refractivity contribution is 0.0955. The maximum absolute atomic E-state index is 12.1. The van der Waals surface area contributed by atoms with Crippen LogP contribution in [0.3, 0.4) is 0 Å². The van der Waals surface area contributed by atoms with Gasteiger partial charge in [-0.2, -0.15) is 5.10 Å². The van der Waals surface area contributed by atoms with Crippen molar-refractivity contribution in [3.05, 3.63) is 86.7 Å². The predicted molar refractivity (Wildman–Crippen MR) is 112 cm³/mol. The molecule has 0 fully saturated rings. The van der Waals surface area contributed by atoms with E-state index in [0.717, 1.165) is 28.2 Å². The Morgan fingerprint density at radius 2 is 1.67 bits per heavy atom. The van der Waals surface area contributed by atoms with E-state index in [2.05, 4.69) is 15.1 Å². The number of carbonyl (C=O) groups excluding carboxylic acids is 1. The van der Waals surface area contributed by atoms with E-state index < -0.39 is 0 Å². The Morgan fingerprint density at radius 1 is 1.00 bits per heavy atom. The Balaban J connectivity index is 1.82. The van der Waals surface area contributed by atoms with E-state index in [9.17, 15) is 4.79 Å². The maximum atomic E-state index is 12.1. The molecule has 0 atom stereocenters. The van der Waals surface area contributed by atoms with Gasteiger partial charge in [0.05, 0.1) is 6.21 Å². The molecular weight excluding hydrogens is 381 g/mol. The highest BCUT2D eigenvalue weighted by Gasteiger charge is 2.12. The molecule has 0 saturated heterocycles. The Bertz CT molecular complexity index is 1020. The summed E-state index contributed by atoms with van der Waals surface area (Å²) in [6.45, 7) is 6.08. The molecule has 3 aromatic rings. The summed E-state index contributed by atoms with van der Waals surface area (Å²) in [5, 5.41) is 5.36. The lowest BCUT2D eigenvalue weighted by Crippen LogP contribution is -2.17. The molecular formula is C21H19Cl2N3O. The van der Waals surface area contributed by atoms with Crippen LogP contribution in [0.5, 0.6) is 0 Å². The van der Waals surface area contributed by atoms with E-state index >= 15 is 0 Å². The van der Waals surface area contributed by atoms with Crippen molar-refractivity contribution < 1.29 is 4.79 Å². The van der Waals surface area contributed by atoms with E-state index in [1.165, 1.54) is 0 Å². The molecule has 0 aliphatic rings. The van der Waals surface area contributed by atoms with Crippen molar-refractivity contribution in [2.45, 2.75) is 20.8 Å². The van der Waals surface area contributed by atoms with E-state index in [1.807, 2.05) is 45.0 Å². The molecule has 0 saturated carbocycles. The van der Waals surface area contributed by atoms with Crippen LogP contribution in [0.4, 0.5) is 0 Å². The zero-order valence-electron chi connectivity index (χ0n) is 15.3. The number of hydrogen-bond acceptors (Lipinski definition) is 2. The number of nitrogens with zero attached hydrogens (tertiary/aromatic N) is 2. The van der Waals surface area contributed by atoms with Gasteiger partial charge in [0.25, 0.3) is 5.91 Å². The SMILES string of the molecule is Cc1ccc(Cl)cc1-n1c(C)cc(/C=N\NC(=O)c2ccc(Cl)cc2)c1C. The molecule has 1 N–H and O–H groups in total. The van der Waals surface area contributed by atoms with Gasteiger partial charge in [-0.3, -0.25) is 4.79 Å². The Hall–Kier alpha value is -2.56. The van der Waals surface area contributed by atoms with Gasteiger partial charge in [-0.15, -0.1) is 0 Å². The average Bonchev–Trinajstić information content (AvgIpc) is 2.91. The third-order valence-electron chi connectivity index (χ3n) is 4.36. The van der Waals surface area contributed by atoms with Gasteiger partial charge in [0, 0.05) is 38.2 Å². The molecule has 27 heavy (non-hydrogen) atoms. The third-order valence-corrected chi connectivity index (χ3v) is 4.85. The molecule has 1 heterocycles. The van der Waals surface area contributed by atoms with E-state index in [1.54, 1.807) is 30.5 Å². The van der Waals surface area contributed by atoms with Gasteiger partial charge in [-0.25, -0.2) is 5.43 Å². The summed E-state index contributed by atoms with van der Waals surface area (Å²) in [4.78, 5) is 12.1. The summed E-state index contributed by atoms with van der Waals surface area (Å²) in [7, 11) is 0. The fourth-order valence-corrected chi connectivity index (χ4v) is 3.23. The highest BCUT2D eigenvalue weighted by Crippen LogP contribution is 2.25. The molecule has 138 valence electrons. The molecule has 3 rings (SSSR count). The number of benzene rings is 2. The number of aromatic nitrogens is 1. The van der Waals surface area contributed by atoms with Crippen LogP contribution in [0, 0.1) is 20.8 Å². The van der Waals surface area contributed by atoms with Crippen molar-refractivity contribution in [2.24, 2.45) is 5.10 Å². The molecule has 0 spiro atoms. The largest absolute Gasteiger partial charge is 0.318 e. The van der Waals surface area contributed by atoms with Gasteiger partial charge >= 0.3 is 0 Å². The van der Waals surface area contributed by atoms with Crippen LogP contribution >= 0.6 is 23.2 Å². The van der Waals surface area contributed by atoms with E-state index in [4.69, 9.17) is 23.2 Å². The summed E-state index contributed by atoms with van der Waals surface area (Å²) >= 11 is 12.0. The molecule has 0 bridgehead atoms. The first-order valence-electron chi connectivity index (χ1n) is 8.41. The fraction of sp³-hybridized carbons (Fsp3) is 0.143. The first-order valence-corrected chi connectivity index (χ1v) is 9.17. The number of carbonyl (C=O) groups is 1. The first kappa shape index (κ1) is 19.2. The Morgan fingerprint density at radius 3 is 2.37 bits per heavy atom. The van der Waals surface area contributed by atoms with Gasteiger partial charge in [0.15, 0.2) is 0 Å². The van der Waals surface area contributed by atoms with Crippen LogP contribution in [0.2, 0.25) is 10.0 Å². The minimum Gasteiger partial charge on any atom is -0.318 e. The number of halogens is 2. The quantitative estimate of drug-likeness (QED) is 0.458. The van der Waals surface area contributed by atoms with Gasteiger partial charge in [-0.05, 0) is 68.8 Å². The molecule has 2 aromatic carbocycles. The van der Waals surface area contributed by atoms with Gasteiger partial charge < -0.3 is 4.57 Å². The molecule has 6 heteroatoms. The Kier molecular flexibility index (Phi) is 5.68. The second-order valence-corrected chi connectivity index (χ2v) is 7.17. The molecule has 0 radical (unpaired) electrons. The minimum absolute atomic E-state index is 0.289. The topological polar surface area (TPSA) is 46.4 Å². The van der Waals surface area contributed by atoms with Crippen molar-refractivity contribution in [1.29, 1.82) is 0 Å². The minimum atomic E-state index is -0.289. The number of hydrazone groups is 1. The van der Waals surface area contributed by atoms with Crippen LogP contribution in [-0.2, 0) is 0 Å². The second-order valence-electron chi connectivity index (χ2n) is 6.30. The first-order chi connectivity index (χ1) is 12.9. The molecule has 0 aliphatic heterocycles. The number of hydrogen-bond donors (Lipinski definition) is 1. The van der Waals surface area contributed by atoms with E-state index in [-0.39, 0.29) is 5.91 Å². The Labute approximate surface area is 168 Å². The summed E-state index contributed by atoms with van der Waals surface area (Å²) < 4.78 is 2.13. The van der Waals surface area contributed by atoms with Crippen molar-refractivity contribution in [2.75, 3.05) is 0 Å². The molecule has 0 aliphatic carbocycles. The molecule has 4 nitrogen and oxygen atoms in total. The maximum Gasteiger partial charge on any atom is 0.271 e. The van der Waals surface area contributed by atoms with Crippen LogP contribution in [0.15, 0.2) is 53.6 Å². The lowest BCUT2D eigenvalue weighted by atomic mass is 10.2. The third kappa shape index (κ3) is 4.24. The highest BCUT2D eigenvalue weighted by molar-refractivity contribution is 6.31.